The Balaban J connectivity index is 3.83. The number of aliphatic imine (C=N–C) groups is 2. The van der Waals surface area contributed by atoms with E-state index in [0.717, 1.165) is 6.92 Å². The van der Waals surface area contributed by atoms with Crippen molar-refractivity contribution in [3.05, 3.63) is 0 Å². The molecule has 0 spiro atoms. The number of aliphatic hydroxyl groups is 2. The lowest BCUT2D eigenvalue weighted by molar-refractivity contribution is -0.137. The molecular weight excluding hydrogens is 1200 g/mol. The lowest BCUT2D eigenvalue weighted by atomic mass is 10.0. The van der Waals surface area contributed by atoms with Gasteiger partial charge >= 0.3 is 0 Å². The monoisotopic (exact) mass is 1300 g/mol. The molecule has 1 heterocycles. The van der Waals surface area contributed by atoms with Gasteiger partial charge in [0.2, 0.25) is 76.8 Å². The molecule has 37 heteroatoms. The summed E-state index contributed by atoms with van der Waals surface area (Å²) in [5.41, 5.74) is 38.4. The minimum absolute atomic E-state index is 0.00984. The summed E-state index contributed by atoms with van der Waals surface area (Å²) in [5, 5.41) is 51.3. The maximum atomic E-state index is 14.3. The predicted octanol–water partition coefficient (Wildman–Crippen LogP) is -9.35. The Morgan fingerprint density at radius 1 is 0.644 bits per heavy atom. The van der Waals surface area contributed by atoms with Crippen LogP contribution in [0.15, 0.2) is 9.98 Å². The van der Waals surface area contributed by atoms with Crippen LogP contribution in [0, 0.1) is 0 Å². The van der Waals surface area contributed by atoms with Crippen LogP contribution in [0.1, 0.15) is 118 Å². The normalized spacial score (nSPS) is 21.6. The molecule has 1 rings (SSSR count). The number of nitrogens with two attached hydrogens (primary N) is 7. The zero-order chi connectivity index (χ0) is 68.2. The number of hydrogen-bond acceptors (Lipinski definition) is 20. The first-order valence-electron chi connectivity index (χ1n) is 29.6. The van der Waals surface area contributed by atoms with Gasteiger partial charge in [-0.05, 0) is 130 Å². The second kappa shape index (κ2) is 42.7. The average molecular weight is 1300 g/mol. The highest BCUT2D eigenvalue weighted by molar-refractivity contribution is 7.98. The van der Waals surface area contributed by atoms with E-state index >= 15 is 0 Å². The van der Waals surface area contributed by atoms with E-state index in [4.69, 9.17) is 40.1 Å². The molecule has 13 atom stereocenters. The number of rotatable bonds is 30. The first kappa shape index (κ1) is 79.9. The maximum absolute atomic E-state index is 14.3. The number of nitrogens with one attached hydrogen (secondary N) is 12. The molecule has 1 fully saturated rings. The lowest BCUT2D eigenvalue weighted by Crippen LogP contribution is -2.62. The molecule has 0 aromatic heterocycles. The second-order valence-corrected chi connectivity index (χ2v) is 22.6. The van der Waals surface area contributed by atoms with E-state index in [1.165, 1.54) is 39.5 Å². The van der Waals surface area contributed by atoms with Crippen LogP contribution in [0.2, 0.25) is 0 Å². The fourth-order valence-corrected chi connectivity index (χ4v) is 8.95. The van der Waals surface area contributed by atoms with Crippen molar-refractivity contribution in [3.63, 3.8) is 0 Å². The summed E-state index contributed by atoms with van der Waals surface area (Å²) in [6, 6.07) is -15.9. The summed E-state index contributed by atoms with van der Waals surface area (Å²) in [7, 11) is 0. The number of amides is 13. The molecule has 0 bridgehead atoms. The van der Waals surface area contributed by atoms with E-state index in [9.17, 15) is 72.5 Å². The van der Waals surface area contributed by atoms with Gasteiger partial charge in [0.25, 0.3) is 0 Å². The van der Waals surface area contributed by atoms with Crippen molar-refractivity contribution >= 4 is 100 Å². The van der Waals surface area contributed by atoms with E-state index in [1.807, 2.05) is 0 Å². The highest BCUT2D eigenvalue weighted by Crippen LogP contribution is 2.12. The zero-order valence-corrected chi connectivity index (χ0v) is 52.8. The molecule has 13 amide bonds. The van der Waals surface area contributed by atoms with Gasteiger partial charge in [-0.25, -0.2) is 0 Å². The van der Waals surface area contributed by atoms with E-state index < -0.39 is 175 Å². The van der Waals surface area contributed by atoms with Crippen molar-refractivity contribution in [1.82, 2.24) is 63.8 Å². The van der Waals surface area contributed by atoms with E-state index in [1.54, 1.807) is 6.26 Å². The van der Waals surface area contributed by atoms with Crippen LogP contribution >= 0.6 is 11.8 Å². The van der Waals surface area contributed by atoms with Crippen molar-refractivity contribution in [2.24, 2.45) is 50.1 Å². The Morgan fingerprint density at radius 3 is 1.81 bits per heavy atom. The summed E-state index contributed by atoms with van der Waals surface area (Å²) >= 11 is 1.31. The van der Waals surface area contributed by atoms with E-state index in [-0.39, 0.29) is 102 Å². The number of guanidine groups is 2. The maximum Gasteiger partial charge on any atom is 0.245 e. The number of nitrogens with zero attached hydrogens (tertiary/aromatic N) is 2. The van der Waals surface area contributed by atoms with Crippen molar-refractivity contribution in [1.29, 1.82) is 0 Å². The van der Waals surface area contributed by atoms with E-state index in [0.29, 0.717) is 12.2 Å². The molecule has 0 saturated carbocycles. The summed E-state index contributed by atoms with van der Waals surface area (Å²) < 4.78 is 0. The third-order valence-corrected chi connectivity index (χ3v) is 14.3. The zero-order valence-electron chi connectivity index (χ0n) is 52.0. The number of carbonyl (C=O) groups excluding carboxylic acids is 13. The van der Waals surface area contributed by atoms with Crippen molar-refractivity contribution < 1.29 is 72.5 Å². The van der Waals surface area contributed by atoms with Crippen LogP contribution in [-0.2, 0) is 62.3 Å². The lowest BCUT2D eigenvalue weighted by Gasteiger charge is -2.28. The number of unbranched alkanes of at least 4 members (excludes halogenated alkanes) is 1. The molecule has 1 saturated heterocycles. The highest BCUT2D eigenvalue weighted by Gasteiger charge is 2.37. The molecule has 90 heavy (non-hydrogen) atoms. The van der Waals surface area contributed by atoms with Gasteiger partial charge in [-0.15, -0.1) is 0 Å². The Kier molecular flexibility index (Phi) is 37.9. The molecule has 1 aliphatic heterocycles. The Morgan fingerprint density at radius 2 is 1.23 bits per heavy atom. The average Bonchev–Trinajstić information content (AvgIpc) is 3.42. The number of thioether (sulfide) groups is 1. The fourth-order valence-electron chi connectivity index (χ4n) is 8.48. The van der Waals surface area contributed by atoms with Crippen LogP contribution in [0.25, 0.3) is 0 Å². The number of aliphatic hydroxyl groups excluding tert-OH is 2. The fraction of sp³-hybridized carbons (Fsp3) is 0.717. The van der Waals surface area contributed by atoms with Gasteiger partial charge in [0.05, 0.1) is 24.8 Å². The summed E-state index contributed by atoms with van der Waals surface area (Å²) in [5.74, 6) is -12.0. The van der Waals surface area contributed by atoms with Gasteiger partial charge in [-0.2, -0.15) is 11.8 Å². The third kappa shape index (κ3) is 31.8. The minimum Gasteiger partial charge on any atom is -0.391 e. The quantitative estimate of drug-likeness (QED) is 0.0180. The smallest absolute Gasteiger partial charge is 0.245 e. The van der Waals surface area contributed by atoms with Gasteiger partial charge in [0, 0.05) is 26.1 Å². The third-order valence-electron chi connectivity index (χ3n) is 13.6. The molecule has 510 valence electrons. The summed E-state index contributed by atoms with van der Waals surface area (Å²) in [6.45, 7) is 5.83. The van der Waals surface area contributed by atoms with Crippen LogP contribution in [-0.4, -0.2) is 222 Å². The molecule has 0 aromatic rings. The van der Waals surface area contributed by atoms with Crippen LogP contribution < -0.4 is 104 Å². The Hall–Kier alpha value is -8.16. The minimum atomic E-state index is -1.78. The molecule has 28 N–H and O–H groups in total. The summed E-state index contributed by atoms with van der Waals surface area (Å²) in [4.78, 5) is 184. The summed E-state index contributed by atoms with van der Waals surface area (Å²) in [6.07, 6.45) is -1.66. The van der Waals surface area contributed by atoms with E-state index in [2.05, 4.69) is 73.8 Å². The van der Waals surface area contributed by atoms with Crippen molar-refractivity contribution in [3.8, 4) is 0 Å². The second-order valence-electron chi connectivity index (χ2n) is 21.6. The number of hydrogen-bond donors (Lipinski definition) is 21. The van der Waals surface area contributed by atoms with Gasteiger partial charge in [0.1, 0.15) is 60.4 Å². The van der Waals surface area contributed by atoms with Gasteiger partial charge in [-0.3, -0.25) is 72.3 Å². The highest BCUT2D eigenvalue weighted by atomic mass is 32.2. The topological polar surface area (TPSA) is 614 Å². The molecule has 0 aromatic carbocycles. The Labute approximate surface area is 526 Å². The first-order valence-corrected chi connectivity index (χ1v) is 31.0. The van der Waals surface area contributed by atoms with Crippen LogP contribution in [0.3, 0.4) is 0 Å². The molecule has 0 aliphatic carbocycles. The standard InChI is InChI=1S/C53H97N21O15S/c1-26(55)41(79)67-33(15-11-22-62-52(57)58)44(82)65-27(2)42(80)69-36(19-24-90-6)47(85)71-32-14-8-10-21-61-38(78)18-17-35(49(87)73-39(29(4)75)50(88)64-25-37(56)77)72-45(83)31(13-7-9-20-54)70-46(84)34(16-12-23-63-53(59)60)68-43(81)28(3)66-51(89)40(30(5)76)74-48(32)86/h26-36,39-40,75-76H,7-25,54-55H2,1-6H3,(H2,56,77)(H,61,78)(H,64,88)(H,65,82)(H,66,89)(H,67,79)(H,68,81)(H,69,80)(H,70,84)(H,71,85)(H,72,83)(H,73,87)(H,74,86)(H4,57,58,62)(H4,59,60,63)/t26-,27-,28-,29+,30+,31-,32-,33-,34-,35-,36-,39-,40-/m0/s1. The molecule has 0 unspecified atom stereocenters. The largest absolute Gasteiger partial charge is 0.391 e. The predicted molar refractivity (Wildman–Crippen MR) is 332 cm³/mol. The van der Waals surface area contributed by atoms with Crippen LogP contribution in [0.4, 0.5) is 0 Å². The first-order chi connectivity index (χ1) is 42.3. The van der Waals surface area contributed by atoms with Gasteiger partial charge < -0.3 is 114 Å². The SMILES string of the molecule is CSCC[C@H](NC(=O)[C@H](C)NC(=O)[C@H](CCCN=C(N)N)NC(=O)[C@H](C)N)C(=O)N[C@H]1CCCCNC(=O)CC[C@@H](C(=O)N[C@H](C(=O)NCC(N)=O)[C@@H](C)O)NC(=O)[C@H](CCCCN)NC(=O)[C@H](CCCN=C(N)N)NC(=O)[C@H](C)NC(=O)[C@H]([C@@H](C)O)NC1=O. The number of primary amides is 1. The molecular formula is C53H97N21O15S. The van der Waals surface area contributed by atoms with Crippen molar-refractivity contribution in [2.75, 3.05) is 44.7 Å². The number of carbonyl (C=O) groups is 13. The Bertz CT molecular complexity index is 2480. The van der Waals surface area contributed by atoms with Crippen LogP contribution in [0.5, 0.6) is 0 Å². The molecule has 1 aliphatic rings. The van der Waals surface area contributed by atoms with Crippen molar-refractivity contribution in [2.45, 2.75) is 197 Å². The molecule has 36 nitrogen and oxygen atoms in total. The van der Waals surface area contributed by atoms with Gasteiger partial charge in [0.15, 0.2) is 11.9 Å². The van der Waals surface area contributed by atoms with Gasteiger partial charge in [-0.1, -0.05) is 0 Å². The molecule has 0 radical (unpaired) electrons.